The summed E-state index contributed by atoms with van der Waals surface area (Å²) in [6.45, 7) is 3.65. The number of ketones is 1. The van der Waals surface area contributed by atoms with Gasteiger partial charge in [0, 0.05) is 12.1 Å². The summed E-state index contributed by atoms with van der Waals surface area (Å²) in [4.78, 5) is 34.9. The van der Waals surface area contributed by atoms with E-state index < -0.39 is 0 Å². The molecule has 0 aliphatic heterocycles. The van der Waals surface area contributed by atoms with E-state index in [9.17, 15) is 9.59 Å². The fourth-order valence-electron chi connectivity index (χ4n) is 3.05. The zero-order valence-electron chi connectivity index (χ0n) is 15.3. The van der Waals surface area contributed by atoms with Crippen LogP contribution in [0.5, 0.6) is 0 Å². The first-order chi connectivity index (χ1) is 13.6. The minimum Gasteiger partial charge on any atom is -0.334 e. The van der Waals surface area contributed by atoms with E-state index in [1.807, 2.05) is 48.7 Å². The van der Waals surface area contributed by atoms with E-state index in [0.29, 0.717) is 18.1 Å². The summed E-state index contributed by atoms with van der Waals surface area (Å²) >= 11 is 1.48. The molecule has 4 aromatic rings. The topological polar surface area (TPSA) is 89.8 Å². The fourth-order valence-corrected chi connectivity index (χ4v) is 3.78. The lowest BCUT2D eigenvalue weighted by Crippen LogP contribution is -2.28. The first-order valence-electron chi connectivity index (χ1n) is 8.76. The van der Waals surface area contributed by atoms with Gasteiger partial charge in [-0.25, -0.2) is 14.6 Å². The lowest BCUT2D eigenvalue weighted by molar-refractivity contribution is 0.101. The molecule has 0 spiro atoms. The van der Waals surface area contributed by atoms with Gasteiger partial charge in [-0.1, -0.05) is 30.3 Å². The summed E-state index contributed by atoms with van der Waals surface area (Å²) in [6.07, 6.45) is 1.44. The Hall–Kier alpha value is -3.39. The van der Waals surface area contributed by atoms with Crippen molar-refractivity contribution in [3.8, 4) is 11.3 Å². The molecule has 0 unspecified atom stereocenters. The quantitative estimate of drug-likeness (QED) is 0.519. The van der Waals surface area contributed by atoms with Gasteiger partial charge in [-0.05, 0) is 25.3 Å². The van der Waals surface area contributed by atoms with Crippen LogP contribution in [0.25, 0.3) is 21.5 Å². The van der Waals surface area contributed by atoms with Gasteiger partial charge >= 0.3 is 0 Å². The lowest BCUT2D eigenvalue weighted by atomic mass is 10.0. The Labute approximate surface area is 164 Å². The van der Waals surface area contributed by atoms with Crippen LogP contribution in [-0.4, -0.2) is 25.5 Å². The Morgan fingerprint density at radius 3 is 2.68 bits per heavy atom. The molecule has 0 aliphatic carbocycles. The molecule has 7 nitrogen and oxygen atoms in total. The van der Waals surface area contributed by atoms with Gasteiger partial charge in [0.25, 0.3) is 5.56 Å². The van der Waals surface area contributed by atoms with E-state index in [-0.39, 0.29) is 22.6 Å². The predicted octanol–water partition coefficient (Wildman–Crippen LogP) is 3.88. The van der Waals surface area contributed by atoms with Crippen LogP contribution in [0.15, 0.2) is 52.9 Å². The Balaban J connectivity index is 1.99. The van der Waals surface area contributed by atoms with Crippen molar-refractivity contribution in [1.29, 1.82) is 0 Å². The predicted molar refractivity (Wildman–Crippen MR) is 110 cm³/mol. The number of anilines is 2. The van der Waals surface area contributed by atoms with E-state index in [0.717, 1.165) is 15.8 Å². The molecule has 0 radical (unpaired) electrons. The number of aromatic nitrogens is 4. The number of nitrogens with zero attached hydrogens (tertiary/aromatic N) is 4. The van der Waals surface area contributed by atoms with Crippen LogP contribution >= 0.6 is 11.3 Å². The number of aryl methyl sites for hydroxylation is 1. The fraction of sp³-hybridized carbons (Fsp3) is 0.150. The average molecular weight is 391 g/mol. The molecule has 4 rings (SSSR count). The number of rotatable bonds is 5. The summed E-state index contributed by atoms with van der Waals surface area (Å²) in [5, 5.41) is 10.2. The summed E-state index contributed by atoms with van der Waals surface area (Å²) in [6, 6.07) is 11.2. The molecule has 1 N–H and O–H groups in total. The van der Waals surface area contributed by atoms with Gasteiger partial charge < -0.3 is 5.32 Å². The summed E-state index contributed by atoms with van der Waals surface area (Å²) in [5.74, 6) is 0.239. The number of thiophene rings is 1. The molecule has 0 fully saturated rings. The molecule has 0 aliphatic rings. The third-order valence-electron chi connectivity index (χ3n) is 4.36. The molecule has 0 atom stereocenters. The Morgan fingerprint density at radius 2 is 1.96 bits per heavy atom. The van der Waals surface area contributed by atoms with E-state index in [1.54, 1.807) is 0 Å². The molecule has 3 aromatic heterocycles. The van der Waals surface area contributed by atoms with Crippen LogP contribution in [0.3, 0.4) is 0 Å². The standard InChI is InChI=1S/C20H17N5O2S/c1-3-25-20(27)17(23-18-14-9-10-28-19(14)22-11-21-18)15(12(2)26)16(24-25)13-7-5-4-6-8-13/h4-11H,3H2,1-2H3,(H,21,22,23). The van der Waals surface area contributed by atoms with Gasteiger partial charge in [0.15, 0.2) is 5.78 Å². The number of nitrogens with one attached hydrogen (secondary N) is 1. The third kappa shape index (κ3) is 3.07. The second-order valence-electron chi connectivity index (χ2n) is 6.13. The molecule has 8 heteroatoms. The third-order valence-corrected chi connectivity index (χ3v) is 5.18. The summed E-state index contributed by atoms with van der Waals surface area (Å²) in [7, 11) is 0. The number of fused-ring (bicyclic) bond motifs is 1. The zero-order chi connectivity index (χ0) is 19.7. The highest BCUT2D eigenvalue weighted by Crippen LogP contribution is 2.30. The first-order valence-corrected chi connectivity index (χ1v) is 9.64. The van der Waals surface area contributed by atoms with E-state index in [4.69, 9.17) is 0 Å². The van der Waals surface area contributed by atoms with Gasteiger partial charge in [0.1, 0.15) is 28.4 Å². The molecule has 0 saturated heterocycles. The van der Waals surface area contributed by atoms with Crippen LogP contribution < -0.4 is 10.9 Å². The second-order valence-corrected chi connectivity index (χ2v) is 7.02. The maximum absolute atomic E-state index is 13.0. The van der Waals surface area contributed by atoms with Gasteiger partial charge in [0.2, 0.25) is 0 Å². The zero-order valence-corrected chi connectivity index (χ0v) is 16.2. The Kier molecular flexibility index (Phi) is 4.70. The van der Waals surface area contributed by atoms with E-state index in [1.165, 1.54) is 29.3 Å². The summed E-state index contributed by atoms with van der Waals surface area (Å²) in [5.41, 5.74) is 1.29. The summed E-state index contributed by atoms with van der Waals surface area (Å²) < 4.78 is 1.35. The largest absolute Gasteiger partial charge is 0.334 e. The van der Waals surface area contributed by atoms with Gasteiger partial charge in [-0.15, -0.1) is 11.3 Å². The SMILES string of the molecule is CCn1nc(-c2ccccc2)c(C(C)=O)c(Nc2ncnc3sccc23)c1=O. The van der Waals surface area contributed by atoms with Crippen molar-refractivity contribution in [2.45, 2.75) is 20.4 Å². The highest BCUT2D eigenvalue weighted by atomic mass is 32.1. The molecule has 3 heterocycles. The second kappa shape index (κ2) is 7.32. The molecule has 0 bridgehead atoms. The van der Waals surface area contributed by atoms with Crippen LogP contribution in [0.2, 0.25) is 0 Å². The van der Waals surface area contributed by atoms with Crippen LogP contribution in [0.4, 0.5) is 11.5 Å². The smallest absolute Gasteiger partial charge is 0.291 e. The van der Waals surface area contributed by atoms with Crippen molar-refractivity contribution in [1.82, 2.24) is 19.7 Å². The molecule has 140 valence electrons. The normalized spacial score (nSPS) is 10.9. The number of carbonyl (C=O) groups is 1. The Bertz CT molecular complexity index is 1230. The molecule has 28 heavy (non-hydrogen) atoms. The minimum absolute atomic E-state index is 0.175. The van der Waals surface area contributed by atoms with Crippen molar-refractivity contribution < 1.29 is 4.79 Å². The number of Topliss-reactive ketones (excluding diaryl/α,β-unsaturated/α-hetero) is 1. The first kappa shape index (κ1) is 18.0. The molecule has 1 aromatic carbocycles. The highest BCUT2D eigenvalue weighted by Gasteiger charge is 2.22. The van der Waals surface area contributed by atoms with E-state index >= 15 is 0 Å². The average Bonchev–Trinajstić information content (AvgIpc) is 3.19. The van der Waals surface area contributed by atoms with E-state index in [2.05, 4.69) is 20.4 Å². The number of benzene rings is 1. The maximum Gasteiger partial charge on any atom is 0.291 e. The monoisotopic (exact) mass is 391 g/mol. The van der Waals surface area contributed by atoms with Gasteiger partial charge in [-0.3, -0.25) is 9.59 Å². The van der Waals surface area contributed by atoms with Crippen molar-refractivity contribution in [3.05, 3.63) is 64.0 Å². The minimum atomic E-state index is -0.366. The maximum atomic E-state index is 13.0. The van der Waals surface area contributed by atoms with Crippen molar-refractivity contribution >= 4 is 38.8 Å². The van der Waals surface area contributed by atoms with Crippen LogP contribution in [-0.2, 0) is 6.54 Å². The van der Waals surface area contributed by atoms with Crippen molar-refractivity contribution in [3.63, 3.8) is 0 Å². The van der Waals surface area contributed by atoms with Crippen molar-refractivity contribution in [2.24, 2.45) is 0 Å². The highest BCUT2D eigenvalue weighted by molar-refractivity contribution is 7.16. The number of hydrogen-bond acceptors (Lipinski definition) is 7. The molecule has 0 saturated carbocycles. The van der Waals surface area contributed by atoms with Crippen LogP contribution in [0.1, 0.15) is 24.2 Å². The van der Waals surface area contributed by atoms with Gasteiger partial charge in [-0.2, -0.15) is 5.10 Å². The molecule has 0 amide bonds. The van der Waals surface area contributed by atoms with Crippen molar-refractivity contribution in [2.75, 3.05) is 5.32 Å². The van der Waals surface area contributed by atoms with Crippen LogP contribution in [0, 0.1) is 0 Å². The number of hydrogen-bond donors (Lipinski definition) is 1. The molecular weight excluding hydrogens is 374 g/mol. The number of carbonyl (C=O) groups excluding carboxylic acids is 1. The molecular formula is C20H17N5O2S. The van der Waals surface area contributed by atoms with Gasteiger partial charge in [0.05, 0.1) is 10.9 Å². The Morgan fingerprint density at radius 1 is 1.18 bits per heavy atom. The lowest BCUT2D eigenvalue weighted by Gasteiger charge is -2.16.